The average Bonchev–Trinajstić information content (AvgIpc) is 2.80. The van der Waals surface area contributed by atoms with Gasteiger partial charge in [-0.15, -0.1) is 0 Å². The van der Waals surface area contributed by atoms with Crippen molar-refractivity contribution in [1.29, 1.82) is 0 Å². The fraction of sp³-hybridized carbons (Fsp3) is 0.600. The third kappa shape index (κ3) is 3.95. The molecule has 1 aliphatic rings. The Morgan fingerprint density at radius 2 is 0.706 bits per heavy atom. The first kappa shape index (κ1) is 27.9. The number of fused-ring (bicyclic) bond motifs is 2. The Morgan fingerprint density at radius 3 is 0.941 bits per heavy atom. The molecule has 1 aliphatic heterocycles. The molecule has 0 spiro atoms. The van der Waals surface area contributed by atoms with E-state index in [4.69, 9.17) is 0 Å². The standard InChI is InChI=1S/C30H52Si4/c1-23(2)31(9)21-22-32(10,24(3)4)28-18-14-16-20-30(28)34(12,26(7)8)33(11,25(5)6)29-19-15-13-17-27(29)31/h13-20,23-26H,21-22H2,1-12H3/t31-,32+,33-,34+. The fourth-order valence-electron chi connectivity index (χ4n) is 7.24. The summed E-state index contributed by atoms with van der Waals surface area (Å²) < 4.78 is 0. The predicted molar refractivity (Wildman–Crippen MR) is 168 cm³/mol. The second-order valence-electron chi connectivity index (χ2n) is 13.4. The first-order chi connectivity index (χ1) is 15.7. The second kappa shape index (κ2) is 9.64. The summed E-state index contributed by atoms with van der Waals surface area (Å²) in [6, 6.07) is 22.8. The Hall–Kier alpha value is -0.692. The van der Waals surface area contributed by atoms with E-state index in [0.29, 0.717) is 0 Å². The summed E-state index contributed by atoms with van der Waals surface area (Å²) in [5.41, 5.74) is 3.01. The smallest absolute Gasteiger partial charge is 0.0667 e. The SMILES string of the molecule is CC(C)[Si@@]1(C)CC[Si@@](C)(C(C)C)c2ccccc2[Si@](C)(C(C)C)[Si@](C)(C(C)C)c2ccccc21. The van der Waals surface area contributed by atoms with E-state index in [2.05, 4.69) is 130 Å². The summed E-state index contributed by atoms with van der Waals surface area (Å²) >= 11 is 0. The number of hydrogen-bond donors (Lipinski definition) is 0. The molecule has 1 heterocycles. The van der Waals surface area contributed by atoms with E-state index in [0.717, 1.165) is 22.2 Å². The van der Waals surface area contributed by atoms with Crippen LogP contribution in [0, 0.1) is 0 Å². The van der Waals surface area contributed by atoms with Crippen molar-refractivity contribution in [3.8, 4) is 0 Å². The molecule has 34 heavy (non-hydrogen) atoms. The van der Waals surface area contributed by atoms with Crippen LogP contribution in [-0.4, -0.2) is 31.3 Å². The van der Waals surface area contributed by atoms with E-state index in [1.54, 1.807) is 0 Å². The first-order valence-electron chi connectivity index (χ1n) is 13.9. The number of hydrogen-bond acceptors (Lipinski definition) is 0. The van der Waals surface area contributed by atoms with Gasteiger partial charge in [-0.2, -0.15) is 0 Å². The monoisotopic (exact) mass is 524 g/mol. The summed E-state index contributed by atoms with van der Waals surface area (Å²) in [4.78, 5) is 0. The van der Waals surface area contributed by atoms with E-state index >= 15 is 0 Å². The van der Waals surface area contributed by atoms with Gasteiger partial charge in [-0.05, 0) is 22.2 Å². The van der Waals surface area contributed by atoms with Gasteiger partial charge in [0.1, 0.15) is 0 Å². The highest BCUT2D eigenvalue weighted by atomic mass is 29.3. The third-order valence-corrected chi connectivity index (χ3v) is 44.8. The van der Waals surface area contributed by atoms with E-state index < -0.39 is 31.3 Å². The van der Waals surface area contributed by atoms with E-state index in [1.807, 2.05) is 20.7 Å². The Morgan fingerprint density at radius 1 is 0.441 bits per heavy atom. The van der Waals surface area contributed by atoms with Gasteiger partial charge in [0, 0.05) is 0 Å². The van der Waals surface area contributed by atoms with Crippen molar-refractivity contribution in [3.63, 3.8) is 0 Å². The Balaban J connectivity index is 2.59. The minimum atomic E-state index is -1.88. The molecule has 2 aromatic rings. The summed E-state index contributed by atoms with van der Waals surface area (Å²) in [6.45, 7) is 31.7. The average molecular weight is 525 g/mol. The van der Waals surface area contributed by atoms with Crippen LogP contribution in [0.4, 0.5) is 0 Å². The minimum Gasteiger partial charge on any atom is -0.0667 e. The van der Waals surface area contributed by atoms with Gasteiger partial charge in [0.25, 0.3) is 0 Å². The molecule has 0 saturated heterocycles. The lowest BCUT2D eigenvalue weighted by Crippen LogP contribution is -2.82. The van der Waals surface area contributed by atoms with E-state index in [1.165, 1.54) is 12.1 Å². The molecule has 0 aliphatic carbocycles. The van der Waals surface area contributed by atoms with Crippen molar-refractivity contribution >= 4 is 52.1 Å². The molecule has 3 rings (SSSR count). The van der Waals surface area contributed by atoms with Gasteiger partial charge in [-0.1, -0.05) is 163 Å². The fourth-order valence-corrected chi connectivity index (χ4v) is 39.5. The van der Waals surface area contributed by atoms with Gasteiger partial charge in [-0.25, -0.2) is 0 Å². The summed E-state index contributed by atoms with van der Waals surface area (Å²) in [5.74, 6) is 0. The second-order valence-corrected chi connectivity index (χ2v) is 37.9. The van der Waals surface area contributed by atoms with Crippen LogP contribution in [-0.2, 0) is 0 Å². The quantitative estimate of drug-likeness (QED) is 0.369. The maximum atomic E-state index is 2.82. The van der Waals surface area contributed by atoms with Crippen LogP contribution in [0.25, 0.3) is 0 Å². The molecule has 4 atom stereocenters. The van der Waals surface area contributed by atoms with E-state index in [-0.39, 0.29) is 0 Å². The zero-order chi connectivity index (χ0) is 25.7. The summed E-state index contributed by atoms with van der Waals surface area (Å²) in [5, 5.41) is 7.37. The Bertz CT molecular complexity index is 931. The molecular weight excluding hydrogens is 473 g/mol. The molecule has 0 amide bonds. The highest BCUT2D eigenvalue weighted by molar-refractivity contribution is 7.52. The highest BCUT2D eigenvalue weighted by Gasteiger charge is 2.58. The molecule has 0 N–H and O–H groups in total. The van der Waals surface area contributed by atoms with Crippen LogP contribution in [0.3, 0.4) is 0 Å². The minimum absolute atomic E-state index is 0.734. The number of rotatable bonds is 4. The lowest BCUT2D eigenvalue weighted by molar-refractivity contribution is 0.970. The predicted octanol–water partition coefficient (Wildman–Crippen LogP) is 7.26. The van der Waals surface area contributed by atoms with Crippen molar-refractivity contribution < 1.29 is 0 Å². The summed E-state index contributed by atoms with van der Waals surface area (Å²) in [6.07, 6.45) is 0. The normalized spacial score (nSPS) is 32.2. The third-order valence-electron chi connectivity index (χ3n) is 11.3. The van der Waals surface area contributed by atoms with Crippen molar-refractivity contribution in [2.75, 3.05) is 0 Å². The van der Waals surface area contributed by atoms with Gasteiger partial charge in [0.05, 0.1) is 31.3 Å². The van der Waals surface area contributed by atoms with Crippen LogP contribution in [0.5, 0.6) is 0 Å². The van der Waals surface area contributed by atoms with Crippen LogP contribution in [0.1, 0.15) is 55.4 Å². The molecule has 188 valence electrons. The maximum absolute atomic E-state index is 2.82. The van der Waals surface area contributed by atoms with Crippen LogP contribution in [0.2, 0.25) is 60.4 Å². The van der Waals surface area contributed by atoms with Gasteiger partial charge in [0.2, 0.25) is 0 Å². The number of benzene rings is 2. The van der Waals surface area contributed by atoms with Gasteiger partial charge in [0.15, 0.2) is 0 Å². The summed E-state index contributed by atoms with van der Waals surface area (Å²) in [7, 11) is -7.09. The molecule has 0 radical (unpaired) electrons. The van der Waals surface area contributed by atoms with E-state index in [9.17, 15) is 0 Å². The van der Waals surface area contributed by atoms with Gasteiger partial charge >= 0.3 is 0 Å². The van der Waals surface area contributed by atoms with Crippen molar-refractivity contribution in [2.45, 2.75) is 116 Å². The Kier molecular flexibility index (Phi) is 7.91. The molecule has 0 bridgehead atoms. The van der Waals surface area contributed by atoms with Crippen molar-refractivity contribution in [3.05, 3.63) is 48.5 Å². The van der Waals surface area contributed by atoms with Crippen molar-refractivity contribution in [2.24, 2.45) is 0 Å². The van der Waals surface area contributed by atoms with Crippen LogP contribution >= 0.6 is 0 Å². The molecule has 0 saturated carbocycles. The molecule has 0 unspecified atom stereocenters. The van der Waals surface area contributed by atoms with Crippen LogP contribution < -0.4 is 20.7 Å². The lowest BCUT2D eigenvalue weighted by Gasteiger charge is -2.54. The topological polar surface area (TPSA) is 0 Å². The zero-order valence-corrected chi connectivity index (χ0v) is 28.3. The van der Waals surface area contributed by atoms with Gasteiger partial charge in [-0.3, -0.25) is 0 Å². The molecule has 2 aromatic carbocycles. The molecule has 4 heteroatoms. The zero-order valence-electron chi connectivity index (χ0n) is 24.3. The molecular formula is C30H52Si4. The van der Waals surface area contributed by atoms with Gasteiger partial charge < -0.3 is 0 Å². The first-order valence-corrected chi connectivity index (χ1v) is 25.6. The molecule has 0 nitrogen and oxygen atoms in total. The largest absolute Gasteiger partial charge is 0.0857 e. The Labute approximate surface area is 215 Å². The molecule has 0 fully saturated rings. The molecule has 0 aromatic heterocycles. The maximum Gasteiger partial charge on any atom is 0.0857 e. The lowest BCUT2D eigenvalue weighted by atomic mass is 10.4. The van der Waals surface area contributed by atoms with Crippen molar-refractivity contribution in [1.82, 2.24) is 0 Å². The van der Waals surface area contributed by atoms with Crippen LogP contribution in [0.15, 0.2) is 48.5 Å². The highest BCUT2D eigenvalue weighted by Crippen LogP contribution is 2.41.